The van der Waals surface area contributed by atoms with Gasteiger partial charge < -0.3 is 13.9 Å². The van der Waals surface area contributed by atoms with Crippen molar-refractivity contribution in [2.75, 3.05) is 20.3 Å². The molecule has 25 heavy (non-hydrogen) atoms. The van der Waals surface area contributed by atoms with E-state index in [1.807, 2.05) is 17.5 Å². The number of likely N-dealkylation sites (tertiary alicyclic amines) is 1. The number of carbonyl (C=O) groups is 2. The van der Waals surface area contributed by atoms with Gasteiger partial charge in [-0.25, -0.2) is 9.69 Å². The zero-order chi connectivity index (χ0) is 18.4. The maximum absolute atomic E-state index is 12.7. The average Bonchev–Trinajstić information content (AvgIpc) is 3.15. The third kappa shape index (κ3) is 4.13. The number of β-lactam (4-membered cyclic amide) rings is 1. The van der Waals surface area contributed by atoms with Gasteiger partial charge in [0.2, 0.25) is 0 Å². The summed E-state index contributed by atoms with van der Waals surface area (Å²) in [6.45, 7) is 6.80. The quantitative estimate of drug-likeness (QED) is 0.367. The summed E-state index contributed by atoms with van der Waals surface area (Å²) in [5.74, 6) is -0.298. The van der Waals surface area contributed by atoms with Crippen LogP contribution in [-0.2, 0) is 18.7 Å². The summed E-state index contributed by atoms with van der Waals surface area (Å²) in [5.41, 5.74) is 0. The van der Waals surface area contributed by atoms with Crippen molar-refractivity contribution < 1.29 is 23.5 Å². The second kappa shape index (κ2) is 8.93. The smallest absolute Gasteiger partial charge is 0.417 e. The van der Waals surface area contributed by atoms with E-state index in [9.17, 15) is 9.59 Å². The number of methoxy groups -OCH3 is 1. The van der Waals surface area contributed by atoms with E-state index in [-0.39, 0.29) is 18.6 Å². The minimum atomic E-state index is -1.96. The molecule has 6 nitrogen and oxygen atoms in total. The van der Waals surface area contributed by atoms with E-state index in [1.165, 1.54) is 23.3 Å². The highest BCUT2D eigenvalue weighted by atomic mass is 32.1. The molecule has 0 radical (unpaired) electrons. The largest absolute Gasteiger partial charge is 0.447 e. The minimum Gasteiger partial charge on any atom is -0.447 e. The molecule has 0 spiro atoms. The molecular formula is C17H27NO5SSi. The molecule has 2 atom stereocenters. The molecule has 0 N–H and O–H groups in total. The van der Waals surface area contributed by atoms with Gasteiger partial charge >= 0.3 is 6.09 Å². The summed E-state index contributed by atoms with van der Waals surface area (Å²) in [6, 6.07) is 6.33. The number of amides is 2. The zero-order valence-electron chi connectivity index (χ0n) is 15.3. The maximum Gasteiger partial charge on any atom is 0.417 e. The molecule has 1 aromatic rings. The van der Waals surface area contributed by atoms with Crippen molar-refractivity contribution in [1.29, 1.82) is 0 Å². The summed E-state index contributed by atoms with van der Waals surface area (Å²) in [6.07, 6.45) is -1.21. The van der Waals surface area contributed by atoms with E-state index in [1.54, 1.807) is 0 Å². The SMILES string of the molecule is CC[Si](CC)(CC)O[C@@H]1C(=O)N(C(=O)OCCOC)[C@@H]1c1cccs1. The van der Waals surface area contributed by atoms with Crippen molar-refractivity contribution in [3.8, 4) is 0 Å². The van der Waals surface area contributed by atoms with Gasteiger partial charge in [-0.05, 0) is 29.6 Å². The molecule has 0 saturated carbocycles. The molecule has 1 fully saturated rings. The zero-order valence-corrected chi connectivity index (χ0v) is 17.1. The Morgan fingerprint density at radius 1 is 1.24 bits per heavy atom. The van der Waals surface area contributed by atoms with Crippen LogP contribution in [0.1, 0.15) is 31.7 Å². The Balaban J connectivity index is 2.18. The predicted octanol–water partition coefficient (Wildman–Crippen LogP) is 3.80. The van der Waals surface area contributed by atoms with Gasteiger partial charge in [-0.3, -0.25) is 4.79 Å². The summed E-state index contributed by atoms with van der Waals surface area (Å²) < 4.78 is 16.4. The maximum atomic E-state index is 12.7. The van der Waals surface area contributed by atoms with Crippen molar-refractivity contribution in [2.24, 2.45) is 0 Å². The molecule has 1 aliphatic rings. The second-order valence-corrected chi connectivity index (χ2v) is 11.8. The van der Waals surface area contributed by atoms with Crippen molar-refractivity contribution in [1.82, 2.24) is 4.90 Å². The Bertz CT molecular complexity index is 567. The number of nitrogens with zero attached hydrogens (tertiary/aromatic N) is 1. The highest BCUT2D eigenvalue weighted by molar-refractivity contribution is 7.10. The lowest BCUT2D eigenvalue weighted by atomic mass is 9.97. The molecule has 0 aliphatic carbocycles. The van der Waals surface area contributed by atoms with E-state index in [2.05, 4.69) is 20.8 Å². The van der Waals surface area contributed by atoms with E-state index in [0.717, 1.165) is 23.0 Å². The van der Waals surface area contributed by atoms with Crippen LogP contribution in [0.5, 0.6) is 0 Å². The molecule has 8 heteroatoms. The normalized spacial score (nSPS) is 20.5. The molecule has 2 rings (SSSR count). The van der Waals surface area contributed by atoms with Gasteiger partial charge in [0, 0.05) is 12.0 Å². The standard InChI is InChI=1S/C17H27NO5SSi/c1-5-25(6-2,7-3)23-15-14(13-9-8-12-24-13)18(16(15)19)17(20)22-11-10-21-4/h8-9,12,14-15H,5-7,10-11H2,1-4H3/t14-,15+/m1/s1. The summed E-state index contributed by atoms with van der Waals surface area (Å²) >= 11 is 1.52. The van der Waals surface area contributed by atoms with E-state index in [4.69, 9.17) is 13.9 Å². The molecule has 0 aromatic carbocycles. The summed E-state index contributed by atoms with van der Waals surface area (Å²) in [7, 11) is -0.424. The fraction of sp³-hybridized carbons (Fsp3) is 0.647. The van der Waals surface area contributed by atoms with Gasteiger partial charge in [0.15, 0.2) is 14.4 Å². The molecule has 1 aromatic heterocycles. The topological polar surface area (TPSA) is 65.1 Å². The molecule has 140 valence electrons. The number of rotatable bonds is 9. The van der Waals surface area contributed by atoms with Gasteiger partial charge in [-0.1, -0.05) is 26.8 Å². The second-order valence-electron chi connectivity index (χ2n) is 6.06. The van der Waals surface area contributed by atoms with Crippen LogP contribution in [0.3, 0.4) is 0 Å². The third-order valence-electron chi connectivity index (χ3n) is 4.90. The monoisotopic (exact) mass is 385 g/mol. The van der Waals surface area contributed by atoms with Crippen molar-refractivity contribution in [3.05, 3.63) is 22.4 Å². The van der Waals surface area contributed by atoms with Crippen LogP contribution in [0.4, 0.5) is 4.79 Å². The first-order valence-corrected chi connectivity index (χ1v) is 12.1. The Morgan fingerprint density at radius 3 is 2.44 bits per heavy atom. The number of imide groups is 1. The Labute approximate surface area is 154 Å². The van der Waals surface area contributed by atoms with Gasteiger partial charge in [0.25, 0.3) is 5.91 Å². The van der Waals surface area contributed by atoms with Gasteiger partial charge in [0.1, 0.15) is 12.6 Å². The van der Waals surface area contributed by atoms with Crippen LogP contribution < -0.4 is 0 Å². The highest BCUT2D eigenvalue weighted by Gasteiger charge is 2.55. The number of thiophene rings is 1. The number of hydrogen-bond acceptors (Lipinski definition) is 6. The van der Waals surface area contributed by atoms with Gasteiger partial charge in [0.05, 0.1) is 6.61 Å². The van der Waals surface area contributed by atoms with Crippen molar-refractivity contribution in [2.45, 2.75) is 51.0 Å². The molecule has 2 amide bonds. The first kappa shape index (κ1) is 20.1. The lowest BCUT2D eigenvalue weighted by Gasteiger charge is -2.47. The Hall–Kier alpha value is -1.22. The van der Waals surface area contributed by atoms with Crippen LogP contribution in [-0.4, -0.2) is 51.6 Å². The van der Waals surface area contributed by atoms with Crippen LogP contribution in [0.15, 0.2) is 17.5 Å². The number of ether oxygens (including phenoxy) is 2. The lowest BCUT2D eigenvalue weighted by Crippen LogP contribution is -2.64. The van der Waals surface area contributed by atoms with E-state index in [0.29, 0.717) is 6.61 Å². The van der Waals surface area contributed by atoms with E-state index < -0.39 is 20.5 Å². The van der Waals surface area contributed by atoms with Crippen LogP contribution in [0, 0.1) is 0 Å². The van der Waals surface area contributed by atoms with Crippen LogP contribution in [0.2, 0.25) is 18.1 Å². The fourth-order valence-electron chi connectivity index (χ4n) is 3.07. The average molecular weight is 386 g/mol. The van der Waals surface area contributed by atoms with Gasteiger partial charge in [-0.2, -0.15) is 0 Å². The molecule has 1 saturated heterocycles. The van der Waals surface area contributed by atoms with E-state index >= 15 is 0 Å². The predicted molar refractivity (Wildman–Crippen MR) is 99.2 cm³/mol. The fourth-order valence-corrected chi connectivity index (χ4v) is 6.68. The first-order valence-electron chi connectivity index (χ1n) is 8.73. The molecule has 1 aliphatic heterocycles. The van der Waals surface area contributed by atoms with Crippen LogP contribution >= 0.6 is 11.3 Å². The highest BCUT2D eigenvalue weighted by Crippen LogP contribution is 2.42. The molecule has 0 bridgehead atoms. The van der Waals surface area contributed by atoms with Gasteiger partial charge in [-0.15, -0.1) is 11.3 Å². The molecule has 2 heterocycles. The molecule has 0 unspecified atom stereocenters. The Morgan fingerprint density at radius 2 is 1.92 bits per heavy atom. The number of hydrogen-bond donors (Lipinski definition) is 0. The van der Waals surface area contributed by atoms with Crippen molar-refractivity contribution in [3.63, 3.8) is 0 Å². The lowest BCUT2D eigenvalue weighted by molar-refractivity contribution is -0.160. The summed E-state index contributed by atoms with van der Waals surface area (Å²) in [4.78, 5) is 27.1. The van der Waals surface area contributed by atoms with Crippen LogP contribution in [0.25, 0.3) is 0 Å². The first-order chi connectivity index (χ1) is 12.0. The number of carbonyl (C=O) groups excluding carboxylic acids is 2. The third-order valence-corrected chi connectivity index (χ3v) is 10.5. The Kier molecular flexibility index (Phi) is 7.18. The molecular weight excluding hydrogens is 358 g/mol. The minimum absolute atomic E-state index is 0.124. The summed E-state index contributed by atoms with van der Waals surface area (Å²) in [5, 5.41) is 1.94. The van der Waals surface area contributed by atoms with Crippen molar-refractivity contribution >= 4 is 31.7 Å².